The molecule has 0 N–H and O–H groups in total. The number of rotatable bonds is 5. The van der Waals surface area contributed by atoms with E-state index in [-0.39, 0.29) is 8.46 Å². The monoisotopic (exact) mass is 133 g/mol. The van der Waals surface area contributed by atoms with E-state index in [1.54, 1.807) is 0 Å². The third-order valence-corrected chi connectivity index (χ3v) is 1.69. The SMILES string of the molecule is CCCCCC[PH]=O. The van der Waals surface area contributed by atoms with E-state index in [0.29, 0.717) is 0 Å². The van der Waals surface area contributed by atoms with Crippen LogP contribution in [-0.2, 0) is 4.57 Å². The molecular formula is C6H14OP. The van der Waals surface area contributed by atoms with Gasteiger partial charge in [-0.2, -0.15) is 0 Å². The van der Waals surface area contributed by atoms with Gasteiger partial charge in [0, 0.05) is 6.16 Å². The molecule has 1 nitrogen and oxygen atoms in total. The zero-order chi connectivity index (χ0) is 6.24. The fourth-order valence-electron chi connectivity index (χ4n) is 0.624. The van der Waals surface area contributed by atoms with Crippen molar-refractivity contribution in [3.05, 3.63) is 0 Å². The van der Waals surface area contributed by atoms with Crippen LogP contribution >= 0.6 is 8.46 Å². The quantitative estimate of drug-likeness (QED) is 0.416. The number of unbranched alkanes of at least 4 members (excludes halogenated alkanes) is 3. The summed E-state index contributed by atoms with van der Waals surface area (Å²) in [6.45, 7) is 2.18. The summed E-state index contributed by atoms with van der Waals surface area (Å²) in [5.74, 6) is 0. The Morgan fingerprint density at radius 2 is 2.00 bits per heavy atom. The van der Waals surface area contributed by atoms with Gasteiger partial charge in [0.05, 0.1) is 8.46 Å². The van der Waals surface area contributed by atoms with Gasteiger partial charge in [-0.3, -0.25) is 4.57 Å². The lowest BCUT2D eigenvalue weighted by Gasteiger charge is -1.90. The van der Waals surface area contributed by atoms with Crippen LogP contribution in [0.1, 0.15) is 32.6 Å². The lowest BCUT2D eigenvalue weighted by atomic mass is 10.2. The molecule has 1 unspecified atom stereocenters. The van der Waals surface area contributed by atoms with Gasteiger partial charge in [-0.05, 0) is 6.42 Å². The molecule has 0 spiro atoms. The maximum Gasteiger partial charge on any atom is 0.0581 e. The van der Waals surface area contributed by atoms with Crippen LogP contribution in [0.4, 0.5) is 0 Å². The minimum atomic E-state index is -0.0810. The highest BCUT2D eigenvalue weighted by Gasteiger charge is 1.83. The van der Waals surface area contributed by atoms with E-state index in [0.717, 1.165) is 12.6 Å². The Morgan fingerprint density at radius 1 is 1.25 bits per heavy atom. The number of hydrogen-bond donors (Lipinski definition) is 0. The summed E-state index contributed by atoms with van der Waals surface area (Å²) < 4.78 is 9.92. The van der Waals surface area contributed by atoms with Gasteiger partial charge in [-0.15, -0.1) is 0 Å². The van der Waals surface area contributed by atoms with Gasteiger partial charge in [0.2, 0.25) is 0 Å². The molecule has 0 aromatic rings. The van der Waals surface area contributed by atoms with Gasteiger partial charge in [-0.1, -0.05) is 26.2 Å². The molecule has 0 aliphatic rings. The first kappa shape index (κ1) is 8.10. The molecule has 0 aromatic carbocycles. The Morgan fingerprint density at radius 3 is 2.50 bits per heavy atom. The van der Waals surface area contributed by atoms with Crippen LogP contribution in [0.5, 0.6) is 0 Å². The third kappa shape index (κ3) is 6.10. The maximum atomic E-state index is 9.92. The van der Waals surface area contributed by atoms with E-state index in [4.69, 9.17) is 0 Å². The molecule has 1 radical (unpaired) electrons. The average molecular weight is 133 g/mol. The maximum absolute atomic E-state index is 9.92. The second kappa shape index (κ2) is 7.10. The van der Waals surface area contributed by atoms with Crippen molar-refractivity contribution in [2.45, 2.75) is 32.6 Å². The van der Waals surface area contributed by atoms with Gasteiger partial charge >= 0.3 is 0 Å². The van der Waals surface area contributed by atoms with E-state index in [2.05, 4.69) is 6.92 Å². The van der Waals surface area contributed by atoms with Crippen molar-refractivity contribution in [1.29, 1.82) is 0 Å². The summed E-state index contributed by atoms with van der Waals surface area (Å²) in [5.41, 5.74) is 0. The summed E-state index contributed by atoms with van der Waals surface area (Å²) in [6, 6.07) is 0. The predicted octanol–water partition coefficient (Wildman–Crippen LogP) is 2.59. The molecule has 0 saturated heterocycles. The second-order valence-corrected chi connectivity index (χ2v) is 2.74. The molecule has 2 heteroatoms. The Hall–Kier alpha value is 0.100. The van der Waals surface area contributed by atoms with Gasteiger partial charge in [-0.25, -0.2) is 0 Å². The Balaban J connectivity index is 2.62. The van der Waals surface area contributed by atoms with Gasteiger partial charge < -0.3 is 0 Å². The first-order valence-corrected chi connectivity index (χ1v) is 4.38. The van der Waals surface area contributed by atoms with Crippen LogP contribution in [0.2, 0.25) is 0 Å². The lowest BCUT2D eigenvalue weighted by Crippen LogP contribution is -1.74. The van der Waals surface area contributed by atoms with Crippen LogP contribution in [0.3, 0.4) is 0 Å². The highest BCUT2D eigenvalue weighted by molar-refractivity contribution is 7.23. The Bertz CT molecular complexity index is 54.5. The molecule has 0 aliphatic carbocycles. The van der Waals surface area contributed by atoms with Crippen molar-refractivity contribution in [2.24, 2.45) is 0 Å². The minimum Gasteiger partial charge on any atom is -0.291 e. The first-order valence-electron chi connectivity index (χ1n) is 3.26. The Kier molecular flexibility index (Phi) is 7.19. The molecular weight excluding hydrogens is 119 g/mol. The van der Waals surface area contributed by atoms with Crippen molar-refractivity contribution in [3.63, 3.8) is 0 Å². The molecule has 49 valence electrons. The van der Waals surface area contributed by atoms with Crippen molar-refractivity contribution in [3.8, 4) is 0 Å². The molecule has 0 saturated carbocycles. The van der Waals surface area contributed by atoms with Crippen LogP contribution in [0.25, 0.3) is 0 Å². The predicted molar refractivity (Wildman–Crippen MR) is 38.0 cm³/mol. The van der Waals surface area contributed by atoms with E-state index < -0.39 is 0 Å². The summed E-state index contributed by atoms with van der Waals surface area (Å²) in [6.07, 6.45) is 5.87. The molecule has 0 aliphatic heterocycles. The minimum absolute atomic E-state index is 0.0810. The second-order valence-electron chi connectivity index (χ2n) is 1.95. The smallest absolute Gasteiger partial charge is 0.0581 e. The first-order chi connectivity index (χ1) is 3.91. The highest BCUT2D eigenvalue weighted by Crippen LogP contribution is 2.03. The fourth-order valence-corrected chi connectivity index (χ4v) is 1.02. The molecule has 1 atom stereocenters. The number of hydrogen-bond acceptors (Lipinski definition) is 1. The summed E-state index contributed by atoms with van der Waals surface area (Å²) in [7, 11) is -0.0810. The lowest BCUT2D eigenvalue weighted by molar-refractivity contribution is 0.595. The highest BCUT2D eigenvalue weighted by atomic mass is 31.1. The fraction of sp³-hybridized carbons (Fsp3) is 1.00. The van der Waals surface area contributed by atoms with Crippen LogP contribution in [0.15, 0.2) is 0 Å². The van der Waals surface area contributed by atoms with Crippen molar-refractivity contribution in [1.82, 2.24) is 0 Å². The summed E-state index contributed by atoms with van der Waals surface area (Å²) >= 11 is 0. The summed E-state index contributed by atoms with van der Waals surface area (Å²) in [4.78, 5) is 0. The molecule has 0 bridgehead atoms. The van der Waals surface area contributed by atoms with Crippen LogP contribution in [0, 0.1) is 0 Å². The molecule has 0 fully saturated rings. The zero-order valence-electron chi connectivity index (χ0n) is 5.44. The largest absolute Gasteiger partial charge is 0.291 e. The average Bonchev–Trinajstić information content (AvgIpc) is 1.81. The zero-order valence-corrected chi connectivity index (χ0v) is 6.44. The van der Waals surface area contributed by atoms with E-state index in [1.165, 1.54) is 19.3 Å². The molecule has 0 heterocycles. The van der Waals surface area contributed by atoms with Crippen LogP contribution < -0.4 is 0 Å². The normalized spacial score (nSPS) is 10.1. The van der Waals surface area contributed by atoms with E-state index in [1.807, 2.05) is 0 Å². The van der Waals surface area contributed by atoms with Gasteiger partial charge in [0.25, 0.3) is 0 Å². The van der Waals surface area contributed by atoms with E-state index in [9.17, 15) is 4.57 Å². The Labute approximate surface area is 52.7 Å². The van der Waals surface area contributed by atoms with E-state index >= 15 is 0 Å². The molecule has 8 heavy (non-hydrogen) atoms. The van der Waals surface area contributed by atoms with Gasteiger partial charge in [0.15, 0.2) is 0 Å². The topological polar surface area (TPSA) is 17.1 Å². The molecule has 0 rings (SSSR count). The summed E-state index contributed by atoms with van der Waals surface area (Å²) in [5, 5.41) is 0. The van der Waals surface area contributed by atoms with Crippen LogP contribution in [-0.4, -0.2) is 6.16 Å². The van der Waals surface area contributed by atoms with Gasteiger partial charge in [0.1, 0.15) is 0 Å². The van der Waals surface area contributed by atoms with Crippen molar-refractivity contribution in [2.75, 3.05) is 6.16 Å². The molecule has 0 amide bonds. The third-order valence-electron chi connectivity index (χ3n) is 1.13. The molecule has 0 aromatic heterocycles. The van der Waals surface area contributed by atoms with Crippen molar-refractivity contribution < 1.29 is 4.57 Å². The standard InChI is InChI=1S/C6H14OP/c1-2-3-4-5-6-8-7/h8H,2-6H2,1H3. The van der Waals surface area contributed by atoms with Crippen molar-refractivity contribution >= 4 is 8.46 Å².